The van der Waals surface area contributed by atoms with E-state index in [1.54, 1.807) is 19.3 Å². The van der Waals surface area contributed by atoms with Crippen molar-refractivity contribution in [3.05, 3.63) is 66.0 Å². The molecule has 3 aromatic rings. The van der Waals surface area contributed by atoms with Crippen LogP contribution in [0.15, 0.2) is 54.7 Å². The van der Waals surface area contributed by atoms with Gasteiger partial charge in [0.2, 0.25) is 0 Å². The van der Waals surface area contributed by atoms with Crippen LogP contribution in [-0.2, 0) is 16.6 Å². The molecule has 0 aliphatic heterocycles. The summed E-state index contributed by atoms with van der Waals surface area (Å²) >= 11 is 0. The predicted molar refractivity (Wildman–Crippen MR) is 98.3 cm³/mol. The molecule has 1 heterocycles. The number of aromatic nitrogens is 1. The summed E-state index contributed by atoms with van der Waals surface area (Å²) in [6.07, 6.45) is 1.55. The highest BCUT2D eigenvalue weighted by Gasteiger charge is 2.16. The lowest BCUT2D eigenvalue weighted by Crippen LogP contribution is -2.21. The fraction of sp³-hybridized carbons (Fsp3) is 0.150. The first-order valence-electron chi connectivity index (χ1n) is 8.08. The summed E-state index contributed by atoms with van der Waals surface area (Å²) < 4.78 is 6.57. The first kappa shape index (κ1) is 17.4. The van der Waals surface area contributed by atoms with E-state index in [4.69, 9.17) is 4.74 Å². The lowest BCUT2D eigenvalue weighted by Gasteiger charge is -2.09. The van der Waals surface area contributed by atoms with Crippen LogP contribution in [-0.4, -0.2) is 28.8 Å². The average Bonchev–Trinajstić information content (AvgIpc) is 3.02. The molecule has 26 heavy (non-hydrogen) atoms. The number of nitrogens with one attached hydrogen (secondary N) is 1. The molecule has 3 rings (SSSR count). The monoisotopic (exact) mass is 350 g/mol. The summed E-state index contributed by atoms with van der Waals surface area (Å²) in [7, 11) is 1.64. The number of aryl methyl sites for hydroxylation is 1. The van der Waals surface area contributed by atoms with Gasteiger partial charge in [-0.05, 0) is 24.4 Å². The molecule has 1 amide bonds. The minimum absolute atomic E-state index is 0.145. The van der Waals surface area contributed by atoms with Gasteiger partial charge in [-0.25, -0.2) is 4.79 Å². The van der Waals surface area contributed by atoms with Crippen molar-refractivity contribution in [2.45, 2.75) is 6.92 Å². The molecule has 0 bridgehead atoms. The summed E-state index contributed by atoms with van der Waals surface area (Å²) in [6.45, 7) is 1.00. The van der Waals surface area contributed by atoms with Crippen molar-refractivity contribution < 1.29 is 19.1 Å². The van der Waals surface area contributed by atoms with Crippen molar-refractivity contribution in [3.63, 3.8) is 0 Å². The second-order valence-corrected chi connectivity index (χ2v) is 5.93. The van der Waals surface area contributed by atoms with E-state index < -0.39 is 18.5 Å². The highest BCUT2D eigenvalue weighted by Crippen LogP contribution is 2.22. The average molecular weight is 350 g/mol. The number of carbonyl (C=O) groups is 3. The summed E-state index contributed by atoms with van der Waals surface area (Å²) in [5.41, 5.74) is 1.29. The van der Waals surface area contributed by atoms with E-state index in [-0.39, 0.29) is 11.5 Å². The van der Waals surface area contributed by atoms with Gasteiger partial charge in [0, 0.05) is 29.9 Å². The predicted octanol–water partition coefficient (Wildman–Crippen LogP) is 3.18. The number of anilines is 1. The third-order valence-electron chi connectivity index (χ3n) is 4.02. The molecule has 6 heteroatoms. The largest absolute Gasteiger partial charge is 0.451 e. The van der Waals surface area contributed by atoms with Gasteiger partial charge in [-0.15, -0.1) is 0 Å². The van der Waals surface area contributed by atoms with E-state index in [1.807, 2.05) is 36.4 Å². The number of ketones is 1. The van der Waals surface area contributed by atoms with Gasteiger partial charge in [-0.1, -0.05) is 36.4 Å². The number of esters is 1. The molecule has 0 fully saturated rings. The molecule has 0 radical (unpaired) electrons. The number of rotatable bonds is 5. The zero-order valence-corrected chi connectivity index (χ0v) is 14.5. The molecule has 0 aliphatic rings. The number of hydrogen-bond donors (Lipinski definition) is 1. The normalized spacial score (nSPS) is 10.5. The molecule has 1 N–H and O–H groups in total. The van der Waals surface area contributed by atoms with E-state index in [0.29, 0.717) is 11.3 Å². The fourth-order valence-corrected chi connectivity index (χ4v) is 2.69. The molecule has 0 saturated carbocycles. The first-order valence-corrected chi connectivity index (χ1v) is 8.08. The SMILES string of the molecule is CC(=O)c1cc(C(=O)OCC(=O)Nc2cccc3ccccc23)n(C)c1. The Morgan fingerprint density at radius 2 is 1.81 bits per heavy atom. The minimum atomic E-state index is -0.659. The molecule has 0 spiro atoms. The first-order chi connectivity index (χ1) is 12.5. The quantitative estimate of drug-likeness (QED) is 0.566. The molecule has 0 saturated heterocycles. The summed E-state index contributed by atoms with van der Waals surface area (Å²) in [5, 5.41) is 4.66. The molecular weight excluding hydrogens is 332 g/mol. The second kappa shape index (κ2) is 7.23. The smallest absolute Gasteiger partial charge is 0.355 e. The Bertz CT molecular complexity index is 999. The van der Waals surface area contributed by atoms with Crippen LogP contribution in [0.25, 0.3) is 10.8 Å². The van der Waals surface area contributed by atoms with Crippen LogP contribution in [0.3, 0.4) is 0 Å². The zero-order chi connectivity index (χ0) is 18.7. The third kappa shape index (κ3) is 3.64. The lowest BCUT2D eigenvalue weighted by atomic mass is 10.1. The molecule has 0 unspecified atom stereocenters. The van der Waals surface area contributed by atoms with Crippen molar-refractivity contribution in [2.24, 2.45) is 7.05 Å². The topological polar surface area (TPSA) is 77.4 Å². The number of ether oxygens (including phenoxy) is 1. The highest BCUT2D eigenvalue weighted by molar-refractivity contribution is 6.03. The Balaban J connectivity index is 1.65. The Kier molecular flexibility index (Phi) is 4.84. The Morgan fingerprint density at radius 1 is 1.08 bits per heavy atom. The number of Topliss-reactive ketones (excluding diaryl/α,β-unsaturated/α-hetero) is 1. The molecule has 6 nitrogen and oxygen atoms in total. The summed E-state index contributed by atoms with van der Waals surface area (Å²) in [6, 6.07) is 14.7. The summed E-state index contributed by atoms with van der Waals surface area (Å²) in [4.78, 5) is 35.7. The van der Waals surface area contributed by atoms with Crippen molar-refractivity contribution in [3.8, 4) is 0 Å². The zero-order valence-electron chi connectivity index (χ0n) is 14.5. The van der Waals surface area contributed by atoms with Crippen LogP contribution in [0.1, 0.15) is 27.8 Å². The van der Waals surface area contributed by atoms with Gasteiger partial charge in [0.15, 0.2) is 12.4 Å². The van der Waals surface area contributed by atoms with E-state index in [2.05, 4.69) is 5.32 Å². The fourth-order valence-electron chi connectivity index (χ4n) is 2.69. The summed E-state index contributed by atoms with van der Waals surface area (Å²) in [5.74, 6) is -1.24. The molecule has 0 aliphatic carbocycles. The number of benzene rings is 2. The standard InChI is InChI=1S/C20H18N2O4/c1-13(23)15-10-18(22(2)11-15)20(25)26-12-19(24)21-17-9-5-7-14-6-3-4-8-16(14)17/h3-11H,12H2,1-2H3,(H,21,24). The van der Waals surface area contributed by atoms with Gasteiger partial charge in [-0.3, -0.25) is 9.59 Å². The van der Waals surface area contributed by atoms with Gasteiger partial charge in [-0.2, -0.15) is 0 Å². The molecule has 1 aromatic heterocycles. The molecular formula is C20H18N2O4. The maximum absolute atomic E-state index is 12.1. The number of fused-ring (bicyclic) bond motifs is 1. The van der Waals surface area contributed by atoms with Crippen molar-refractivity contribution in [1.29, 1.82) is 0 Å². The van der Waals surface area contributed by atoms with E-state index in [0.717, 1.165) is 10.8 Å². The van der Waals surface area contributed by atoms with Crippen molar-refractivity contribution in [1.82, 2.24) is 4.57 Å². The van der Waals surface area contributed by atoms with Crippen molar-refractivity contribution in [2.75, 3.05) is 11.9 Å². The van der Waals surface area contributed by atoms with Crippen LogP contribution in [0, 0.1) is 0 Å². The van der Waals surface area contributed by atoms with Crippen LogP contribution in [0.2, 0.25) is 0 Å². The molecule has 0 atom stereocenters. The van der Waals surface area contributed by atoms with Crippen LogP contribution >= 0.6 is 0 Å². The van der Waals surface area contributed by atoms with Crippen LogP contribution in [0.5, 0.6) is 0 Å². The number of nitrogens with zero attached hydrogens (tertiary/aromatic N) is 1. The Morgan fingerprint density at radius 3 is 2.54 bits per heavy atom. The molecule has 2 aromatic carbocycles. The van der Waals surface area contributed by atoms with E-state index in [9.17, 15) is 14.4 Å². The maximum atomic E-state index is 12.1. The minimum Gasteiger partial charge on any atom is -0.451 e. The number of carbonyl (C=O) groups excluding carboxylic acids is 3. The Hall–Kier alpha value is -3.41. The van der Waals surface area contributed by atoms with Gasteiger partial charge in [0.05, 0.1) is 0 Å². The van der Waals surface area contributed by atoms with Crippen molar-refractivity contribution >= 4 is 34.1 Å². The van der Waals surface area contributed by atoms with E-state index >= 15 is 0 Å². The van der Waals surface area contributed by atoms with Gasteiger partial charge >= 0.3 is 5.97 Å². The van der Waals surface area contributed by atoms with Crippen LogP contribution < -0.4 is 5.32 Å². The van der Waals surface area contributed by atoms with E-state index in [1.165, 1.54) is 17.6 Å². The number of hydrogen-bond acceptors (Lipinski definition) is 4. The second-order valence-electron chi connectivity index (χ2n) is 5.93. The third-order valence-corrected chi connectivity index (χ3v) is 4.02. The van der Waals surface area contributed by atoms with Crippen LogP contribution in [0.4, 0.5) is 5.69 Å². The van der Waals surface area contributed by atoms with Gasteiger partial charge in [0.25, 0.3) is 5.91 Å². The number of amides is 1. The Labute approximate surface area is 150 Å². The molecule has 132 valence electrons. The van der Waals surface area contributed by atoms with Gasteiger partial charge < -0.3 is 14.6 Å². The lowest BCUT2D eigenvalue weighted by molar-refractivity contribution is -0.119. The maximum Gasteiger partial charge on any atom is 0.355 e. The highest BCUT2D eigenvalue weighted by atomic mass is 16.5. The van der Waals surface area contributed by atoms with Gasteiger partial charge in [0.1, 0.15) is 5.69 Å².